The fourth-order valence-electron chi connectivity index (χ4n) is 2.77. The largest absolute Gasteiger partial charge is 0.339 e. The number of amides is 1. The molecule has 19 heavy (non-hydrogen) atoms. The number of benzene rings is 1. The predicted octanol–water partition coefficient (Wildman–Crippen LogP) is 2.99. The van der Waals surface area contributed by atoms with Crippen LogP contribution in [0.4, 0.5) is 0 Å². The Balaban J connectivity index is 2.13. The summed E-state index contributed by atoms with van der Waals surface area (Å²) in [6.07, 6.45) is 2.90. The van der Waals surface area contributed by atoms with Crippen molar-refractivity contribution in [3.05, 3.63) is 34.9 Å². The molecule has 0 saturated heterocycles. The van der Waals surface area contributed by atoms with Gasteiger partial charge in [0, 0.05) is 18.1 Å². The number of hydrogen-bond acceptors (Lipinski definition) is 2. The molecule has 3 nitrogen and oxygen atoms in total. The summed E-state index contributed by atoms with van der Waals surface area (Å²) in [6.45, 7) is 2.00. The molecule has 1 saturated carbocycles. The number of hydrogen-bond donors (Lipinski definition) is 1. The lowest BCUT2D eigenvalue weighted by atomic mass is 10.0. The van der Waals surface area contributed by atoms with E-state index in [1.807, 2.05) is 38.2 Å². The van der Waals surface area contributed by atoms with Crippen LogP contribution in [-0.4, -0.2) is 23.9 Å². The Bertz CT molecular complexity index is 463. The van der Waals surface area contributed by atoms with Gasteiger partial charge >= 0.3 is 0 Å². The molecule has 2 rings (SSSR count). The van der Waals surface area contributed by atoms with Gasteiger partial charge in [0.15, 0.2) is 0 Å². The highest BCUT2D eigenvalue weighted by molar-refractivity contribution is 6.31. The standard InChI is InChI=1S/C15H21ClN2O/c1-10(11-6-3-4-8-13(11)16)18(2)15(19)12-7-5-9-14(12)17/h3-4,6,8,10,12,14H,5,7,9,17H2,1-2H3. The van der Waals surface area contributed by atoms with Gasteiger partial charge in [0.25, 0.3) is 0 Å². The fourth-order valence-corrected chi connectivity index (χ4v) is 3.06. The van der Waals surface area contributed by atoms with Gasteiger partial charge in [-0.1, -0.05) is 36.2 Å². The number of nitrogens with two attached hydrogens (primary N) is 1. The van der Waals surface area contributed by atoms with E-state index in [4.69, 9.17) is 17.3 Å². The summed E-state index contributed by atoms with van der Waals surface area (Å²) in [5.41, 5.74) is 6.99. The van der Waals surface area contributed by atoms with Crippen LogP contribution in [0.3, 0.4) is 0 Å². The molecule has 0 aromatic heterocycles. The molecule has 0 radical (unpaired) electrons. The van der Waals surface area contributed by atoms with Crippen LogP contribution < -0.4 is 5.73 Å². The number of rotatable bonds is 3. The van der Waals surface area contributed by atoms with Crippen molar-refractivity contribution in [3.8, 4) is 0 Å². The van der Waals surface area contributed by atoms with Gasteiger partial charge in [-0.05, 0) is 31.4 Å². The van der Waals surface area contributed by atoms with Crippen LogP contribution in [0.5, 0.6) is 0 Å². The summed E-state index contributed by atoms with van der Waals surface area (Å²) in [5, 5.41) is 0.699. The Hall–Kier alpha value is -1.06. The lowest BCUT2D eigenvalue weighted by Gasteiger charge is -2.29. The van der Waals surface area contributed by atoms with Gasteiger partial charge in [-0.25, -0.2) is 0 Å². The second-order valence-corrected chi connectivity index (χ2v) is 5.76. The van der Waals surface area contributed by atoms with Crippen LogP contribution in [0.15, 0.2) is 24.3 Å². The van der Waals surface area contributed by atoms with Gasteiger partial charge in [-0.15, -0.1) is 0 Å². The first kappa shape index (κ1) is 14.4. The zero-order valence-electron chi connectivity index (χ0n) is 11.5. The molecule has 4 heteroatoms. The first-order valence-electron chi connectivity index (χ1n) is 6.79. The third-order valence-corrected chi connectivity index (χ3v) is 4.51. The minimum Gasteiger partial charge on any atom is -0.339 e. The minimum atomic E-state index is -0.0333. The van der Waals surface area contributed by atoms with E-state index in [1.54, 1.807) is 4.90 Å². The molecule has 1 aromatic carbocycles. The van der Waals surface area contributed by atoms with Crippen LogP contribution >= 0.6 is 11.6 Å². The zero-order chi connectivity index (χ0) is 14.0. The summed E-state index contributed by atoms with van der Waals surface area (Å²) >= 11 is 6.19. The van der Waals surface area contributed by atoms with E-state index in [2.05, 4.69) is 0 Å². The molecular weight excluding hydrogens is 260 g/mol. The maximum absolute atomic E-state index is 12.5. The molecule has 104 valence electrons. The molecule has 1 fully saturated rings. The van der Waals surface area contributed by atoms with Crippen molar-refractivity contribution in [2.75, 3.05) is 7.05 Å². The number of carbonyl (C=O) groups is 1. The highest BCUT2D eigenvalue weighted by Crippen LogP contribution is 2.31. The molecule has 1 aliphatic rings. The minimum absolute atomic E-state index is 0.00777. The fraction of sp³-hybridized carbons (Fsp3) is 0.533. The van der Waals surface area contributed by atoms with E-state index < -0.39 is 0 Å². The summed E-state index contributed by atoms with van der Waals surface area (Å²) in [7, 11) is 1.83. The quantitative estimate of drug-likeness (QED) is 0.925. The Labute approximate surface area is 119 Å². The highest BCUT2D eigenvalue weighted by Gasteiger charge is 2.33. The van der Waals surface area contributed by atoms with E-state index in [9.17, 15) is 4.79 Å². The molecule has 0 bridgehead atoms. The molecule has 1 amide bonds. The summed E-state index contributed by atoms with van der Waals surface area (Å²) in [4.78, 5) is 14.3. The molecule has 3 unspecified atom stereocenters. The van der Waals surface area contributed by atoms with Crippen molar-refractivity contribution in [3.63, 3.8) is 0 Å². The Kier molecular flexibility index (Phi) is 4.48. The topological polar surface area (TPSA) is 46.3 Å². The SMILES string of the molecule is CC(c1ccccc1Cl)N(C)C(=O)C1CCCC1N. The van der Waals surface area contributed by atoms with E-state index in [0.29, 0.717) is 5.02 Å². The molecule has 3 atom stereocenters. The van der Waals surface area contributed by atoms with Gasteiger partial charge in [0.05, 0.1) is 12.0 Å². The lowest BCUT2D eigenvalue weighted by molar-refractivity contribution is -0.136. The monoisotopic (exact) mass is 280 g/mol. The molecule has 0 aliphatic heterocycles. The van der Waals surface area contributed by atoms with Crippen molar-refractivity contribution in [1.82, 2.24) is 4.90 Å². The summed E-state index contributed by atoms with van der Waals surface area (Å²) in [5.74, 6) is 0.104. The van der Waals surface area contributed by atoms with E-state index in [1.165, 1.54) is 0 Å². The maximum Gasteiger partial charge on any atom is 0.227 e. The Morgan fingerprint density at radius 3 is 2.68 bits per heavy atom. The van der Waals surface area contributed by atoms with Crippen LogP contribution in [0.1, 0.15) is 37.8 Å². The van der Waals surface area contributed by atoms with Crippen molar-refractivity contribution in [2.24, 2.45) is 11.7 Å². The predicted molar refractivity (Wildman–Crippen MR) is 78.0 cm³/mol. The van der Waals surface area contributed by atoms with E-state index in [0.717, 1.165) is 24.8 Å². The van der Waals surface area contributed by atoms with Crippen LogP contribution in [0.25, 0.3) is 0 Å². The molecule has 0 heterocycles. The number of carbonyl (C=O) groups excluding carboxylic acids is 1. The number of halogens is 1. The summed E-state index contributed by atoms with van der Waals surface area (Å²) < 4.78 is 0. The molecule has 1 aromatic rings. The smallest absolute Gasteiger partial charge is 0.227 e. The highest BCUT2D eigenvalue weighted by atomic mass is 35.5. The van der Waals surface area contributed by atoms with E-state index in [-0.39, 0.29) is 23.9 Å². The van der Waals surface area contributed by atoms with Crippen LogP contribution in [0, 0.1) is 5.92 Å². The van der Waals surface area contributed by atoms with Crippen molar-refractivity contribution in [2.45, 2.75) is 38.3 Å². The maximum atomic E-state index is 12.5. The average molecular weight is 281 g/mol. The van der Waals surface area contributed by atoms with Gasteiger partial charge < -0.3 is 10.6 Å². The number of nitrogens with zero attached hydrogens (tertiary/aromatic N) is 1. The van der Waals surface area contributed by atoms with Gasteiger partial charge in [-0.2, -0.15) is 0 Å². The molecule has 2 N–H and O–H groups in total. The van der Waals surface area contributed by atoms with Gasteiger partial charge in [0.1, 0.15) is 0 Å². The van der Waals surface area contributed by atoms with Crippen molar-refractivity contribution in [1.29, 1.82) is 0 Å². The average Bonchev–Trinajstić information content (AvgIpc) is 2.83. The Morgan fingerprint density at radius 1 is 1.42 bits per heavy atom. The summed E-state index contributed by atoms with van der Waals surface area (Å²) in [6, 6.07) is 7.63. The van der Waals surface area contributed by atoms with Crippen LogP contribution in [-0.2, 0) is 4.79 Å². The third-order valence-electron chi connectivity index (χ3n) is 4.17. The molecular formula is C15H21ClN2O. The first-order chi connectivity index (χ1) is 9.02. The normalized spacial score (nSPS) is 24.2. The lowest BCUT2D eigenvalue weighted by Crippen LogP contribution is -2.40. The van der Waals surface area contributed by atoms with Crippen LogP contribution in [0.2, 0.25) is 5.02 Å². The zero-order valence-corrected chi connectivity index (χ0v) is 12.2. The van der Waals surface area contributed by atoms with Crippen molar-refractivity contribution < 1.29 is 4.79 Å². The molecule has 0 spiro atoms. The van der Waals surface area contributed by atoms with Gasteiger partial charge in [-0.3, -0.25) is 4.79 Å². The molecule has 1 aliphatic carbocycles. The third kappa shape index (κ3) is 2.93. The van der Waals surface area contributed by atoms with Gasteiger partial charge in [0.2, 0.25) is 5.91 Å². The first-order valence-corrected chi connectivity index (χ1v) is 7.17. The second-order valence-electron chi connectivity index (χ2n) is 5.35. The van der Waals surface area contributed by atoms with Crippen molar-refractivity contribution >= 4 is 17.5 Å². The van der Waals surface area contributed by atoms with E-state index >= 15 is 0 Å². The second kappa shape index (κ2) is 5.93. The Morgan fingerprint density at radius 2 is 2.11 bits per heavy atom.